The number of benzene rings is 2. The van der Waals surface area contributed by atoms with Crippen molar-refractivity contribution in [3.8, 4) is 11.9 Å². The second kappa shape index (κ2) is 6.07. The van der Waals surface area contributed by atoms with Crippen molar-refractivity contribution in [2.24, 2.45) is 0 Å². The number of aryl methyl sites for hydroxylation is 1. The predicted molar refractivity (Wildman–Crippen MR) is 88.3 cm³/mol. The smallest absolute Gasteiger partial charge is 0.340 e. The molecule has 6 nitrogen and oxygen atoms in total. The summed E-state index contributed by atoms with van der Waals surface area (Å²) in [5, 5.41) is 9.39. The number of nitrogens with zero attached hydrogens (tertiary/aromatic N) is 3. The standard InChI is InChI=1S/C16H10ClN3O3S/c1-10-2-4-11(5-3-10)24(21,22)23-15-9-19-14-7-6-13(17)12(8-18)16(14)20-15/h2-7,9H,1H3. The van der Waals surface area contributed by atoms with Gasteiger partial charge in [-0.25, -0.2) is 9.97 Å². The third-order valence-corrected chi connectivity index (χ3v) is 4.81. The molecule has 3 rings (SSSR count). The molecule has 0 saturated heterocycles. The zero-order valence-electron chi connectivity index (χ0n) is 12.4. The molecule has 2 aromatic carbocycles. The molecule has 120 valence electrons. The maximum Gasteiger partial charge on any atom is 0.340 e. The number of fused-ring (bicyclic) bond motifs is 1. The summed E-state index contributed by atoms with van der Waals surface area (Å²) < 4.78 is 29.6. The molecule has 8 heteroatoms. The molecule has 24 heavy (non-hydrogen) atoms. The van der Waals surface area contributed by atoms with Crippen molar-refractivity contribution in [3.05, 3.63) is 58.7 Å². The maximum absolute atomic E-state index is 12.3. The monoisotopic (exact) mass is 359 g/mol. The van der Waals surface area contributed by atoms with Gasteiger partial charge in [0.2, 0.25) is 0 Å². The normalized spacial score (nSPS) is 11.2. The number of hydrogen-bond acceptors (Lipinski definition) is 6. The Hall–Kier alpha value is -2.69. The van der Waals surface area contributed by atoms with E-state index >= 15 is 0 Å². The van der Waals surface area contributed by atoms with Crippen LogP contribution in [0.1, 0.15) is 11.1 Å². The fraction of sp³-hybridized carbons (Fsp3) is 0.0625. The number of aromatic nitrogens is 2. The lowest BCUT2D eigenvalue weighted by molar-refractivity contribution is 0.476. The van der Waals surface area contributed by atoms with Crippen LogP contribution in [-0.2, 0) is 10.1 Å². The Bertz CT molecular complexity index is 1070. The average Bonchev–Trinajstić information content (AvgIpc) is 2.55. The summed E-state index contributed by atoms with van der Waals surface area (Å²) in [7, 11) is -4.05. The molecule has 0 radical (unpaired) electrons. The highest BCUT2D eigenvalue weighted by molar-refractivity contribution is 7.87. The lowest BCUT2D eigenvalue weighted by atomic mass is 10.2. The van der Waals surface area contributed by atoms with E-state index in [0.29, 0.717) is 5.52 Å². The minimum absolute atomic E-state index is 0.00148. The van der Waals surface area contributed by atoms with Crippen LogP contribution in [0.5, 0.6) is 5.88 Å². The Morgan fingerprint density at radius 2 is 1.88 bits per heavy atom. The molecule has 0 fully saturated rings. The number of hydrogen-bond donors (Lipinski definition) is 0. The van der Waals surface area contributed by atoms with Crippen LogP contribution in [-0.4, -0.2) is 18.4 Å². The van der Waals surface area contributed by atoms with E-state index in [1.54, 1.807) is 18.2 Å². The third-order valence-electron chi connectivity index (χ3n) is 3.26. The summed E-state index contributed by atoms with van der Waals surface area (Å²) in [5.74, 6) is -0.234. The van der Waals surface area contributed by atoms with Gasteiger partial charge >= 0.3 is 10.1 Å². The molecule has 0 unspecified atom stereocenters. The van der Waals surface area contributed by atoms with E-state index in [-0.39, 0.29) is 26.9 Å². The van der Waals surface area contributed by atoms with Gasteiger partial charge in [-0.05, 0) is 31.2 Å². The van der Waals surface area contributed by atoms with Gasteiger partial charge < -0.3 is 4.18 Å². The van der Waals surface area contributed by atoms with E-state index < -0.39 is 10.1 Å². The number of halogens is 1. The molecule has 0 spiro atoms. The molecule has 1 aromatic heterocycles. The molecule has 0 saturated carbocycles. The van der Waals surface area contributed by atoms with Gasteiger partial charge in [-0.3, -0.25) is 0 Å². The molecule has 0 aliphatic heterocycles. The first-order valence-corrected chi connectivity index (χ1v) is 8.56. The van der Waals surface area contributed by atoms with Crippen molar-refractivity contribution in [2.75, 3.05) is 0 Å². The van der Waals surface area contributed by atoms with E-state index in [0.717, 1.165) is 5.56 Å². The molecular weight excluding hydrogens is 350 g/mol. The maximum atomic E-state index is 12.3. The van der Waals surface area contributed by atoms with E-state index in [4.69, 9.17) is 15.8 Å². The van der Waals surface area contributed by atoms with Crippen LogP contribution in [0.15, 0.2) is 47.5 Å². The summed E-state index contributed by atoms with van der Waals surface area (Å²) in [4.78, 5) is 8.13. The second-order valence-electron chi connectivity index (χ2n) is 4.96. The van der Waals surface area contributed by atoms with Gasteiger partial charge in [0.1, 0.15) is 16.5 Å². The van der Waals surface area contributed by atoms with Gasteiger partial charge in [-0.2, -0.15) is 13.7 Å². The van der Waals surface area contributed by atoms with Crippen LogP contribution in [0.4, 0.5) is 0 Å². The third kappa shape index (κ3) is 3.02. The second-order valence-corrected chi connectivity index (χ2v) is 6.91. The zero-order chi connectivity index (χ0) is 17.3. The highest BCUT2D eigenvalue weighted by Crippen LogP contribution is 2.25. The fourth-order valence-electron chi connectivity index (χ4n) is 2.05. The highest BCUT2D eigenvalue weighted by atomic mass is 35.5. The molecule has 0 N–H and O–H groups in total. The number of rotatable bonds is 3. The topological polar surface area (TPSA) is 92.9 Å². The lowest BCUT2D eigenvalue weighted by Crippen LogP contribution is -2.11. The van der Waals surface area contributed by atoms with Crippen molar-refractivity contribution in [1.29, 1.82) is 5.26 Å². The van der Waals surface area contributed by atoms with Crippen LogP contribution in [0.25, 0.3) is 11.0 Å². The molecule has 0 amide bonds. The van der Waals surface area contributed by atoms with Crippen molar-refractivity contribution in [1.82, 2.24) is 9.97 Å². The van der Waals surface area contributed by atoms with Gasteiger partial charge in [0, 0.05) is 0 Å². The molecule has 0 aliphatic rings. The quantitative estimate of drug-likeness (QED) is 0.666. The number of nitriles is 1. The minimum Gasteiger partial charge on any atom is -0.356 e. The van der Waals surface area contributed by atoms with Gasteiger partial charge in [-0.15, -0.1) is 0 Å². The summed E-state index contributed by atoms with van der Waals surface area (Å²) in [5.41, 5.74) is 1.63. The van der Waals surface area contributed by atoms with Crippen molar-refractivity contribution < 1.29 is 12.6 Å². The van der Waals surface area contributed by atoms with E-state index in [1.807, 2.05) is 13.0 Å². The van der Waals surface area contributed by atoms with E-state index in [9.17, 15) is 13.7 Å². The zero-order valence-corrected chi connectivity index (χ0v) is 14.0. The van der Waals surface area contributed by atoms with Crippen LogP contribution in [0.3, 0.4) is 0 Å². The first-order valence-electron chi connectivity index (χ1n) is 6.77. The molecule has 0 aliphatic carbocycles. The average molecular weight is 360 g/mol. The SMILES string of the molecule is Cc1ccc(S(=O)(=O)Oc2cnc3ccc(Cl)c(C#N)c3n2)cc1. The van der Waals surface area contributed by atoms with Crippen molar-refractivity contribution in [3.63, 3.8) is 0 Å². The summed E-state index contributed by atoms with van der Waals surface area (Å²) in [6.07, 6.45) is 1.18. The van der Waals surface area contributed by atoms with E-state index in [2.05, 4.69) is 9.97 Å². The van der Waals surface area contributed by atoms with E-state index in [1.165, 1.54) is 24.4 Å². The molecular formula is C16H10ClN3O3S. The highest BCUT2D eigenvalue weighted by Gasteiger charge is 2.18. The van der Waals surface area contributed by atoms with Gasteiger partial charge in [-0.1, -0.05) is 29.3 Å². The lowest BCUT2D eigenvalue weighted by Gasteiger charge is -2.07. The molecule has 0 bridgehead atoms. The summed E-state index contributed by atoms with van der Waals surface area (Å²) in [6, 6.07) is 11.2. The Balaban J connectivity index is 2.04. The van der Waals surface area contributed by atoms with Crippen molar-refractivity contribution in [2.45, 2.75) is 11.8 Å². The Morgan fingerprint density at radius 3 is 2.54 bits per heavy atom. The van der Waals surface area contributed by atoms with Crippen LogP contribution >= 0.6 is 11.6 Å². The Labute approximate surface area is 143 Å². The summed E-state index contributed by atoms with van der Waals surface area (Å²) >= 11 is 5.95. The van der Waals surface area contributed by atoms with Gasteiger partial charge in [0.15, 0.2) is 0 Å². The van der Waals surface area contributed by atoms with Crippen LogP contribution in [0, 0.1) is 18.3 Å². The fourth-order valence-corrected chi connectivity index (χ4v) is 3.11. The van der Waals surface area contributed by atoms with Gasteiger partial charge in [0.25, 0.3) is 5.88 Å². The molecule has 0 atom stereocenters. The largest absolute Gasteiger partial charge is 0.356 e. The Morgan fingerprint density at radius 1 is 1.17 bits per heavy atom. The summed E-state index contributed by atoms with van der Waals surface area (Å²) in [6.45, 7) is 1.85. The first-order chi connectivity index (χ1) is 11.4. The Kier molecular flexibility index (Phi) is 4.09. The minimum atomic E-state index is -4.05. The van der Waals surface area contributed by atoms with Gasteiger partial charge in [0.05, 0.1) is 22.3 Å². The van der Waals surface area contributed by atoms with Crippen molar-refractivity contribution >= 4 is 32.8 Å². The van der Waals surface area contributed by atoms with Crippen LogP contribution < -0.4 is 4.18 Å². The first kappa shape index (κ1) is 16.2. The molecule has 3 aromatic rings. The molecule has 1 heterocycles. The predicted octanol–water partition coefficient (Wildman–Crippen LogP) is 3.23. The van der Waals surface area contributed by atoms with Crippen LogP contribution in [0.2, 0.25) is 5.02 Å².